The van der Waals surface area contributed by atoms with Crippen molar-refractivity contribution in [2.45, 2.75) is 32.6 Å². The van der Waals surface area contributed by atoms with Crippen molar-refractivity contribution >= 4 is 11.6 Å². The quantitative estimate of drug-likeness (QED) is 0.525. The van der Waals surface area contributed by atoms with E-state index < -0.39 is 0 Å². The van der Waals surface area contributed by atoms with Crippen LogP contribution < -0.4 is 0 Å². The van der Waals surface area contributed by atoms with E-state index in [-0.39, 0.29) is 23.0 Å². The SMILES string of the molecule is CC(=O)C[C@H]1C(=O)[C@H]2C[CH+]C[C@]23C=C[C@H]1C3. The van der Waals surface area contributed by atoms with Crippen LogP contribution in [0.4, 0.5) is 0 Å². The lowest BCUT2D eigenvalue weighted by molar-refractivity contribution is -0.136. The van der Waals surface area contributed by atoms with Crippen molar-refractivity contribution in [3.8, 4) is 0 Å². The second-order valence-corrected chi connectivity index (χ2v) is 5.66. The molecule has 3 aliphatic rings. The maximum Gasteiger partial charge on any atom is 0.145 e. The molecule has 0 unspecified atom stereocenters. The highest BCUT2D eigenvalue weighted by Gasteiger charge is 2.59. The van der Waals surface area contributed by atoms with Crippen LogP contribution in [0, 0.1) is 29.6 Å². The first-order valence-electron chi connectivity index (χ1n) is 6.16. The van der Waals surface area contributed by atoms with E-state index in [4.69, 9.17) is 0 Å². The molecule has 0 N–H and O–H groups in total. The summed E-state index contributed by atoms with van der Waals surface area (Å²) in [6.45, 7) is 1.59. The number of Topliss-reactive ketones (excluding diaryl/α,β-unsaturated/α-hetero) is 2. The number of allylic oxidation sites excluding steroid dienone is 2. The third-order valence-corrected chi connectivity index (χ3v) is 4.64. The predicted molar refractivity (Wildman–Crippen MR) is 60.5 cm³/mol. The van der Waals surface area contributed by atoms with E-state index in [1.54, 1.807) is 6.92 Å². The molecule has 0 aromatic heterocycles. The molecule has 2 bridgehead atoms. The molecular weight excluding hydrogens is 200 g/mol. The molecular formula is C14H17O2+. The number of hydrogen-bond donors (Lipinski definition) is 0. The third kappa shape index (κ3) is 1.22. The molecule has 3 aliphatic carbocycles. The van der Waals surface area contributed by atoms with Gasteiger partial charge in [-0.1, -0.05) is 12.2 Å². The second-order valence-electron chi connectivity index (χ2n) is 5.66. The Labute approximate surface area is 96.1 Å². The summed E-state index contributed by atoms with van der Waals surface area (Å²) in [5.41, 5.74) is 0.148. The zero-order chi connectivity index (χ0) is 11.3. The molecule has 0 aromatic rings. The summed E-state index contributed by atoms with van der Waals surface area (Å²) in [6, 6.07) is 0. The molecule has 3 rings (SSSR count). The van der Waals surface area contributed by atoms with Crippen molar-refractivity contribution in [1.82, 2.24) is 0 Å². The van der Waals surface area contributed by atoms with Gasteiger partial charge in [-0.25, -0.2) is 0 Å². The molecule has 2 saturated carbocycles. The Morgan fingerprint density at radius 2 is 2.44 bits per heavy atom. The number of hydrogen-bond acceptors (Lipinski definition) is 2. The molecule has 0 heterocycles. The van der Waals surface area contributed by atoms with E-state index in [0.717, 1.165) is 19.3 Å². The summed E-state index contributed by atoms with van der Waals surface area (Å²) in [6.07, 6.45) is 10.2. The van der Waals surface area contributed by atoms with Gasteiger partial charge in [0.25, 0.3) is 0 Å². The number of carbonyl (C=O) groups is 2. The number of ketones is 2. The minimum absolute atomic E-state index is 0.0270. The molecule has 2 heteroatoms. The van der Waals surface area contributed by atoms with Gasteiger partial charge in [0.1, 0.15) is 11.6 Å². The van der Waals surface area contributed by atoms with E-state index >= 15 is 0 Å². The zero-order valence-electron chi connectivity index (χ0n) is 9.61. The van der Waals surface area contributed by atoms with E-state index in [0.29, 0.717) is 18.1 Å². The van der Waals surface area contributed by atoms with Gasteiger partial charge < -0.3 is 4.79 Å². The monoisotopic (exact) mass is 217 g/mol. The summed E-state index contributed by atoms with van der Waals surface area (Å²) in [7, 11) is 0. The Morgan fingerprint density at radius 3 is 3.19 bits per heavy atom. The van der Waals surface area contributed by atoms with Crippen LogP contribution in [0.15, 0.2) is 12.2 Å². The lowest BCUT2D eigenvalue weighted by atomic mass is 9.63. The van der Waals surface area contributed by atoms with Crippen LogP contribution >= 0.6 is 0 Å². The molecule has 84 valence electrons. The van der Waals surface area contributed by atoms with E-state index in [1.807, 2.05) is 0 Å². The average Bonchev–Trinajstić information content (AvgIpc) is 2.80. The lowest BCUT2D eigenvalue weighted by Crippen LogP contribution is -2.41. The van der Waals surface area contributed by atoms with Crippen molar-refractivity contribution in [3.05, 3.63) is 18.6 Å². The van der Waals surface area contributed by atoms with Gasteiger partial charge in [-0.05, 0) is 19.3 Å². The molecule has 2 fully saturated rings. The first-order valence-corrected chi connectivity index (χ1v) is 6.16. The summed E-state index contributed by atoms with van der Waals surface area (Å²) in [5, 5.41) is 0. The Hall–Kier alpha value is -1.05. The molecule has 16 heavy (non-hydrogen) atoms. The predicted octanol–water partition coefficient (Wildman–Crippen LogP) is 2.34. The maximum atomic E-state index is 12.4. The Kier molecular flexibility index (Phi) is 2.04. The first-order chi connectivity index (χ1) is 7.62. The summed E-state index contributed by atoms with van der Waals surface area (Å²) < 4.78 is 0. The van der Waals surface area contributed by atoms with E-state index in [2.05, 4.69) is 18.6 Å². The smallest absolute Gasteiger partial charge is 0.145 e. The van der Waals surface area contributed by atoms with Crippen molar-refractivity contribution in [1.29, 1.82) is 0 Å². The van der Waals surface area contributed by atoms with Gasteiger partial charge in [0, 0.05) is 17.8 Å². The Balaban J connectivity index is 1.92. The normalized spacial score (nSPS) is 44.3. The lowest BCUT2D eigenvalue weighted by Gasteiger charge is -2.36. The number of carbonyl (C=O) groups excluding carboxylic acids is 2. The van der Waals surface area contributed by atoms with Gasteiger partial charge in [-0.2, -0.15) is 0 Å². The minimum Gasteiger partial charge on any atom is -0.300 e. The van der Waals surface area contributed by atoms with Crippen molar-refractivity contribution in [2.75, 3.05) is 0 Å². The second kappa shape index (κ2) is 3.22. The van der Waals surface area contributed by atoms with Gasteiger partial charge in [-0.15, -0.1) is 0 Å². The van der Waals surface area contributed by atoms with Crippen LogP contribution in [-0.2, 0) is 9.59 Å². The highest BCUT2D eigenvalue weighted by molar-refractivity contribution is 5.91. The fraction of sp³-hybridized carbons (Fsp3) is 0.643. The summed E-state index contributed by atoms with van der Waals surface area (Å²) >= 11 is 0. The van der Waals surface area contributed by atoms with Crippen LogP contribution in [0.5, 0.6) is 0 Å². The zero-order valence-corrected chi connectivity index (χ0v) is 9.61. The van der Waals surface area contributed by atoms with E-state index in [9.17, 15) is 9.59 Å². The molecule has 1 spiro atoms. The van der Waals surface area contributed by atoms with Crippen LogP contribution in [0.25, 0.3) is 0 Å². The molecule has 0 saturated heterocycles. The van der Waals surface area contributed by atoms with Crippen LogP contribution in [0.1, 0.15) is 32.6 Å². The summed E-state index contributed by atoms with van der Waals surface area (Å²) in [4.78, 5) is 23.6. The molecule has 2 nitrogen and oxygen atoms in total. The maximum absolute atomic E-state index is 12.4. The Morgan fingerprint density at radius 1 is 1.62 bits per heavy atom. The highest BCUT2D eigenvalue weighted by atomic mass is 16.1. The third-order valence-electron chi connectivity index (χ3n) is 4.64. The highest BCUT2D eigenvalue weighted by Crippen LogP contribution is 2.58. The first kappa shape index (κ1) is 10.1. The number of rotatable bonds is 2. The largest absolute Gasteiger partial charge is 0.300 e. The van der Waals surface area contributed by atoms with Crippen molar-refractivity contribution in [2.24, 2.45) is 23.2 Å². The van der Waals surface area contributed by atoms with E-state index in [1.165, 1.54) is 0 Å². The summed E-state index contributed by atoms with van der Waals surface area (Å²) in [5.74, 6) is 0.977. The van der Waals surface area contributed by atoms with Crippen LogP contribution in [-0.4, -0.2) is 11.6 Å². The molecule has 0 aromatic carbocycles. The van der Waals surface area contributed by atoms with Gasteiger partial charge >= 0.3 is 0 Å². The average molecular weight is 217 g/mol. The van der Waals surface area contributed by atoms with Crippen LogP contribution in [0.2, 0.25) is 0 Å². The van der Waals surface area contributed by atoms with Gasteiger partial charge in [0.05, 0.1) is 25.2 Å². The van der Waals surface area contributed by atoms with Gasteiger partial charge in [0.15, 0.2) is 0 Å². The Bertz CT molecular complexity index is 382. The van der Waals surface area contributed by atoms with Gasteiger partial charge in [-0.3, -0.25) is 4.79 Å². The number of fused-ring (bicyclic) bond motifs is 1. The van der Waals surface area contributed by atoms with Crippen LogP contribution in [0.3, 0.4) is 0 Å². The fourth-order valence-corrected chi connectivity index (χ4v) is 3.90. The standard InChI is InChI=1S/C14H17O2/c1-9(15)7-11-10-4-6-14(8-10)5-2-3-12(14)13(11)16/h2,4,6,10-12H,3,5,7-8H2,1H3/q+1/t10-,11+,12+,14+/m0/s1. The molecule has 0 radical (unpaired) electrons. The molecule has 4 atom stereocenters. The minimum atomic E-state index is -0.0270. The fourth-order valence-electron chi connectivity index (χ4n) is 3.90. The molecule has 0 amide bonds. The molecule has 0 aliphatic heterocycles. The van der Waals surface area contributed by atoms with Gasteiger partial charge in [0.2, 0.25) is 0 Å². The topological polar surface area (TPSA) is 34.1 Å². The van der Waals surface area contributed by atoms with Crippen molar-refractivity contribution in [3.63, 3.8) is 0 Å². The van der Waals surface area contributed by atoms with Crippen molar-refractivity contribution < 1.29 is 9.59 Å².